The van der Waals surface area contributed by atoms with E-state index in [0.717, 1.165) is 11.3 Å². The van der Waals surface area contributed by atoms with Crippen molar-refractivity contribution in [2.45, 2.75) is 6.04 Å². The monoisotopic (exact) mass is 334 g/mol. The van der Waals surface area contributed by atoms with Crippen molar-refractivity contribution in [2.24, 2.45) is 0 Å². The van der Waals surface area contributed by atoms with Crippen molar-refractivity contribution >= 4 is 27.7 Å². The predicted octanol–water partition coefficient (Wildman–Crippen LogP) is 3.09. The number of nitrogens with one attached hydrogen (secondary N) is 1. The van der Waals surface area contributed by atoms with Gasteiger partial charge in [-0.25, -0.2) is 9.78 Å². The molecule has 3 rings (SSSR count). The molecule has 0 fully saturated rings. The summed E-state index contributed by atoms with van der Waals surface area (Å²) in [5, 5.41) is 12.4. The highest BCUT2D eigenvalue weighted by atomic mass is 79.9. The molecule has 102 valence electrons. The van der Waals surface area contributed by atoms with Gasteiger partial charge in [0.25, 0.3) is 0 Å². The third kappa shape index (κ3) is 2.34. The molecule has 0 spiro atoms. The zero-order chi connectivity index (χ0) is 14.1. The number of fused-ring (bicyclic) bond motifs is 1. The summed E-state index contributed by atoms with van der Waals surface area (Å²) in [6, 6.07) is 9.11. The fourth-order valence-corrected chi connectivity index (χ4v) is 2.50. The number of aromatic nitrogens is 1. The number of carboxylic acid groups (broad SMARTS) is 1. The van der Waals surface area contributed by atoms with Crippen molar-refractivity contribution in [1.29, 1.82) is 0 Å². The van der Waals surface area contributed by atoms with E-state index in [4.69, 9.17) is 4.74 Å². The summed E-state index contributed by atoms with van der Waals surface area (Å²) >= 11 is 3.22. The molecule has 2 heterocycles. The van der Waals surface area contributed by atoms with Gasteiger partial charge in [-0.1, -0.05) is 18.2 Å². The van der Waals surface area contributed by atoms with Gasteiger partial charge in [-0.3, -0.25) is 0 Å². The maximum atomic E-state index is 11.3. The molecule has 0 radical (unpaired) electrons. The van der Waals surface area contributed by atoms with Crippen LogP contribution >= 0.6 is 15.9 Å². The van der Waals surface area contributed by atoms with Gasteiger partial charge in [0.1, 0.15) is 23.7 Å². The molecule has 20 heavy (non-hydrogen) atoms. The summed E-state index contributed by atoms with van der Waals surface area (Å²) < 4.78 is 6.19. The molecule has 1 atom stereocenters. The fourth-order valence-electron chi connectivity index (χ4n) is 2.16. The first-order valence-electron chi connectivity index (χ1n) is 6.02. The quantitative estimate of drug-likeness (QED) is 0.902. The van der Waals surface area contributed by atoms with Gasteiger partial charge in [0.05, 0.1) is 6.04 Å². The van der Waals surface area contributed by atoms with Gasteiger partial charge >= 0.3 is 5.97 Å². The van der Waals surface area contributed by atoms with Gasteiger partial charge in [0.15, 0.2) is 0 Å². The summed E-state index contributed by atoms with van der Waals surface area (Å²) in [7, 11) is 0. The molecule has 1 aromatic carbocycles. The van der Waals surface area contributed by atoms with E-state index in [1.54, 1.807) is 6.20 Å². The summed E-state index contributed by atoms with van der Waals surface area (Å²) in [6.07, 6.45) is 1.57. The molecule has 0 saturated heterocycles. The Morgan fingerprint density at radius 2 is 2.25 bits per heavy atom. The van der Waals surface area contributed by atoms with Gasteiger partial charge in [-0.15, -0.1) is 0 Å². The number of pyridine rings is 1. The molecule has 0 aliphatic carbocycles. The molecule has 5 nitrogen and oxygen atoms in total. The van der Waals surface area contributed by atoms with Crippen molar-refractivity contribution in [3.8, 4) is 5.75 Å². The number of ether oxygens (including phenoxy) is 1. The number of benzene rings is 1. The number of hydrogen-bond donors (Lipinski definition) is 2. The lowest BCUT2D eigenvalue weighted by Crippen LogP contribution is -2.15. The zero-order valence-corrected chi connectivity index (χ0v) is 11.9. The van der Waals surface area contributed by atoms with Crippen LogP contribution in [0.1, 0.15) is 22.0 Å². The first kappa shape index (κ1) is 12.9. The van der Waals surface area contributed by atoms with Gasteiger partial charge in [-0.05, 0) is 28.1 Å². The SMILES string of the molecule is O=C(O)c1cc(Br)cnc1NC1COc2ccccc21. The maximum absolute atomic E-state index is 11.3. The molecule has 2 aromatic rings. The number of carboxylic acids is 1. The number of carbonyl (C=O) groups is 1. The van der Waals surface area contributed by atoms with Crippen molar-refractivity contribution in [2.75, 3.05) is 11.9 Å². The van der Waals surface area contributed by atoms with Gasteiger partial charge in [-0.2, -0.15) is 0 Å². The molecular weight excluding hydrogens is 324 g/mol. The Balaban J connectivity index is 1.92. The van der Waals surface area contributed by atoms with Crippen LogP contribution in [-0.2, 0) is 0 Å². The third-order valence-electron chi connectivity index (χ3n) is 3.10. The topological polar surface area (TPSA) is 71.5 Å². The molecule has 1 aromatic heterocycles. The Bertz CT molecular complexity index is 675. The van der Waals surface area contributed by atoms with Crippen LogP contribution in [-0.4, -0.2) is 22.7 Å². The second kappa shape index (κ2) is 5.13. The smallest absolute Gasteiger partial charge is 0.339 e. The standard InChI is InChI=1S/C14H11BrN2O3/c15-8-5-10(14(18)19)13(16-6-8)17-11-7-20-12-4-2-1-3-9(11)12/h1-6,11H,7H2,(H,16,17)(H,18,19). The number of nitrogens with zero attached hydrogens (tertiary/aromatic N) is 1. The molecule has 2 N–H and O–H groups in total. The number of aromatic carboxylic acids is 1. The van der Waals surface area contributed by atoms with Crippen molar-refractivity contribution in [1.82, 2.24) is 4.98 Å². The molecule has 1 aliphatic heterocycles. The first-order valence-corrected chi connectivity index (χ1v) is 6.81. The minimum atomic E-state index is -1.02. The van der Waals surface area contributed by atoms with Crippen molar-refractivity contribution < 1.29 is 14.6 Å². The molecule has 0 saturated carbocycles. The van der Waals surface area contributed by atoms with E-state index in [-0.39, 0.29) is 11.6 Å². The molecule has 0 amide bonds. The normalized spacial score (nSPS) is 16.4. The number of halogens is 1. The van der Waals surface area contributed by atoms with Gasteiger partial charge in [0.2, 0.25) is 0 Å². The van der Waals surface area contributed by atoms with E-state index in [0.29, 0.717) is 16.9 Å². The highest BCUT2D eigenvalue weighted by Gasteiger charge is 2.25. The summed E-state index contributed by atoms with van der Waals surface area (Å²) in [5.41, 5.74) is 1.14. The van der Waals surface area contributed by atoms with E-state index in [1.165, 1.54) is 6.07 Å². The Morgan fingerprint density at radius 3 is 3.05 bits per heavy atom. The first-order chi connectivity index (χ1) is 9.65. The van der Waals surface area contributed by atoms with E-state index < -0.39 is 5.97 Å². The molecule has 1 unspecified atom stereocenters. The van der Waals surface area contributed by atoms with Crippen LogP contribution in [0.5, 0.6) is 5.75 Å². The number of hydrogen-bond acceptors (Lipinski definition) is 4. The van der Waals surface area contributed by atoms with Gasteiger partial charge < -0.3 is 15.2 Å². The lowest BCUT2D eigenvalue weighted by Gasteiger charge is -2.14. The molecular formula is C14H11BrN2O3. The third-order valence-corrected chi connectivity index (χ3v) is 3.53. The molecule has 0 bridgehead atoms. The average Bonchev–Trinajstić information content (AvgIpc) is 2.84. The van der Waals surface area contributed by atoms with E-state index in [2.05, 4.69) is 26.2 Å². The van der Waals surface area contributed by atoms with Crippen LogP contribution in [0.4, 0.5) is 5.82 Å². The van der Waals surface area contributed by atoms with Crippen LogP contribution in [0.25, 0.3) is 0 Å². The predicted molar refractivity (Wildman–Crippen MR) is 77.2 cm³/mol. The second-order valence-electron chi connectivity index (χ2n) is 4.40. The minimum Gasteiger partial charge on any atom is -0.491 e. The largest absolute Gasteiger partial charge is 0.491 e. The average molecular weight is 335 g/mol. The van der Waals surface area contributed by atoms with Crippen LogP contribution in [0.15, 0.2) is 41.0 Å². The summed E-state index contributed by atoms with van der Waals surface area (Å²) in [6.45, 7) is 0.455. The Kier molecular flexibility index (Phi) is 3.31. The Hall–Kier alpha value is -2.08. The molecule has 6 heteroatoms. The lowest BCUT2D eigenvalue weighted by molar-refractivity contribution is 0.0697. The van der Waals surface area contributed by atoms with E-state index in [1.807, 2.05) is 24.3 Å². The number of rotatable bonds is 3. The summed E-state index contributed by atoms with van der Waals surface area (Å²) in [4.78, 5) is 15.4. The maximum Gasteiger partial charge on any atom is 0.339 e. The number of para-hydroxylation sites is 1. The van der Waals surface area contributed by atoms with Crippen LogP contribution in [0.2, 0.25) is 0 Å². The van der Waals surface area contributed by atoms with Crippen LogP contribution in [0, 0.1) is 0 Å². The van der Waals surface area contributed by atoms with Crippen molar-refractivity contribution in [3.63, 3.8) is 0 Å². The highest BCUT2D eigenvalue weighted by molar-refractivity contribution is 9.10. The van der Waals surface area contributed by atoms with E-state index in [9.17, 15) is 9.90 Å². The van der Waals surface area contributed by atoms with E-state index >= 15 is 0 Å². The van der Waals surface area contributed by atoms with Crippen molar-refractivity contribution in [3.05, 3.63) is 52.1 Å². The van der Waals surface area contributed by atoms with Gasteiger partial charge in [0, 0.05) is 16.2 Å². The Labute approximate surface area is 123 Å². The van der Waals surface area contributed by atoms with Crippen LogP contribution < -0.4 is 10.1 Å². The summed E-state index contributed by atoms with van der Waals surface area (Å²) in [5.74, 6) is 0.137. The zero-order valence-electron chi connectivity index (χ0n) is 10.3. The second-order valence-corrected chi connectivity index (χ2v) is 5.32. The fraction of sp³-hybridized carbons (Fsp3) is 0.143. The molecule has 1 aliphatic rings. The number of anilines is 1. The lowest BCUT2D eigenvalue weighted by atomic mass is 10.1. The van der Waals surface area contributed by atoms with Crippen LogP contribution in [0.3, 0.4) is 0 Å². The minimum absolute atomic E-state index is 0.0991. The Morgan fingerprint density at radius 1 is 1.45 bits per heavy atom. The highest BCUT2D eigenvalue weighted by Crippen LogP contribution is 2.34.